The first-order chi connectivity index (χ1) is 17.3. The zero-order valence-corrected chi connectivity index (χ0v) is 21.1. The SMILES string of the molecule is CC(C)n1nccc1[C@H]1CC[C@H](C)CN1C(=O)C(=O)Nc1cnc(N)c2cnn(C3CCCCO3)c12. The minimum absolute atomic E-state index is 0.150. The molecular weight excluding hydrogens is 460 g/mol. The summed E-state index contributed by atoms with van der Waals surface area (Å²) in [6, 6.07) is 1.88. The van der Waals surface area contributed by atoms with Gasteiger partial charge in [-0.15, -0.1) is 0 Å². The van der Waals surface area contributed by atoms with Crippen LogP contribution in [-0.4, -0.2) is 54.4 Å². The van der Waals surface area contributed by atoms with Crippen molar-refractivity contribution in [2.24, 2.45) is 5.92 Å². The molecule has 2 fully saturated rings. The Morgan fingerprint density at radius 3 is 2.75 bits per heavy atom. The summed E-state index contributed by atoms with van der Waals surface area (Å²) < 4.78 is 9.57. The third-order valence-electron chi connectivity index (χ3n) is 7.14. The van der Waals surface area contributed by atoms with Crippen molar-refractivity contribution in [3.8, 4) is 0 Å². The van der Waals surface area contributed by atoms with Gasteiger partial charge >= 0.3 is 11.8 Å². The van der Waals surface area contributed by atoms with E-state index in [9.17, 15) is 9.59 Å². The second-order valence-electron chi connectivity index (χ2n) is 10.1. The highest BCUT2D eigenvalue weighted by Crippen LogP contribution is 2.35. The number of pyridine rings is 1. The summed E-state index contributed by atoms with van der Waals surface area (Å²) in [5, 5.41) is 12.3. The third kappa shape index (κ3) is 4.43. The van der Waals surface area contributed by atoms with E-state index in [1.807, 2.05) is 10.7 Å². The molecule has 2 aliphatic rings. The number of likely N-dealkylation sites (tertiary alicyclic amines) is 1. The van der Waals surface area contributed by atoms with E-state index >= 15 is 0 Å². The molecule has 5 rings (SSSR count). The van der Waals surface area contributed by atoms with Gasteiger partial charge in [0.05, 0.1) is 35.2 Å². The first-order valence-electron chi connectivity index (χ1n) is 12.7. The number of nitrogens with zero attached hydrogens (tertiary/aromatic N) is 6. The van der Waals surface area contributed by atoms with Gasteiger partial charge in [0.2, 0.25) is 0 Å². The number of nitrogens with one attached hydrogen (secondary N) is 1. The Labute approximate surface area is 210 Å². The number of hydrogen-bond acceptors (Lipinski definition) is 7. The molecule has 0 saturated carbocycles. The van der Waals surface area contributed by atoms with E-state index in [1.54, 1.807) is 22.0 Å². The third-order valence-corrected chi connectivity index (χ3v) is 7.14. The van der Waals surface area contributed by atoms with Gasteiger partial charge in [0.15, 0.2) is 6.23 Å². The molecule has 36 heavy (non-hydrogen) atoms. The van der Waals surface area contributed by atoms with E-state index in [1.165, 1.54) is 6.20 Å². The Balaban J connectivity index is 1.44. The topological polar surface area (TPSA) is 133 Å². The van der Waals surface area contributed by atoms with Crippen molar-refractivity contribution in [2.75, 3.05) is 24.2 Å². The number of hydrogen-bond donors (Lipinski definition) is 2. The molecule has 0 bridgehead atoms. The minimum atomic E-state index is -0.713. The average Bonchev–Trinajstić information content (AvgIpc) is 3.54. The maximum atomic E-state index is 13.6. The maximum Gasteiger partial charge on any atom is 0.314 e. The molecule has 3 atom stereocenters. The molecule has 3 aromatic rings. The largest absolute Gasteiger partial charge is 0.383 e. The van der Waals surface area contributed by atoms with Crippen molar-refractivity contribution in [2.45, 2.75) is 71.2 Å². The number of aromatic nitrogens is 5. The molecule has 0 spiro atoms. The van der Waals surface area contributed by atoms with Crippen molar-refractivity contribution < 1.29 is 14.3 Å². The fourth-order valence-electron chi connectivity index (χ4n) is 5.32. The van der Waals surface area contributed by atoms with Crippen molar-refractivity contribution >= 4 is 34.2 Å². The number of rotatable bonds is 4. The molecule has 0 radical (unpaired) electrons. The fourth-order valence-corrected chi connectivity index (χ4v) is 5.32. The van der Waals surface area contributed by atoms with E-state index in [-0.39, 0.29) is 18.3 Å². The fraction of sp³-hybridized carbons (Fsp3) is 0.560. The van der Waals surface area contributed by atoms with Gasteiger partial charge in [-0.2, -0.15) is 10.2 Å². The van der Waals surface area contributed by atoms with Crippen LogP contribution in [0.2, 0.25) is 0 Å². The van der Waals surface area contributed by atoms with Crippen LogP contribution in [0, 0.1) is 5.92 Å². The van der Waals surface area contributed by atoms with E-state index < -0.39 is 11.8 Å². The lowest BCUT2D eigenvalue weighted by Crippen LogP contribution is -2.47. The monoisotopic (exact) mass is 494 g/mol. The summed E-state index contributed by atoms with van der Waals surface area (Å²) in [5.41, 5.74) is 8.04. The zero-order valence-electron chi connectivity index (χ0n) is 21.1. The molecule has 2 aliphatic heterocycles. The van der Waals surface area contributed by atoms with E-state index in [4.69, 9.17) is 10.5 Å². The number of anilines is 2. The number of carbonyl (C=O) groups is 2. The Bertz CT molecular complexity index is 1260. The second kappa shape index (κ2) is 9.88. The predicted molar refractivity (Wildman–Crippen MR) is 135 cm³/mol. The maximum absolute atomic E-state index is 13.6. The molecule has 192 valence electrons. The van der Waals surface area contributed by atoms with Crippen molar-refractivity contribution in [1.82, 2.24) is 29.4 Å². The number of piperidine rings is 1. The van der Waals surface area contributed by atoms with Gasteiger partial charge in [-0.3, -0.25) is 14.3 Å². The lowest BCUT2D eigenvalue weighted by molar-refractivity contribution is -0.146. The molecule has 3 aromatic heterocycles. The van der Waals surface area contributed by atoms with Crippen LogP contribution in [0.3, 0.4) is 0 Å². The van der Waals surface area contributed by atoms with Gasteiger partial charge in [0.1, 0.15) is 11.3 Å². The molecule has 2 saturated heterocycles. The lowest BCUT2D eigenvalue weighted by Gasteiger charge is -2.38. The molecule has 5 heterocycles. The van der Waals surface area contributed by atoms with Crippen molar-refractivity contribution in [1.29, 1.82) is 0 Å². The number of amides is 2. The quantitative estimate of drug-likeness (QED) is 0.531. The van der Waals surface area contributed by atoms with Gasteiger partial charge in [-0.1, -0.05) is 6.92 Å². The summed E-state index contributed by atoms with van der Waals surface area (Å²) in [7, 11) is 0. The Morgan fingerprint density at radius 1 is 1.17 bits per heavy atom. The van der Waals surface area contributed by atoms with Crippen LogP contribution in [0.25, 0.3) is 10.9 Å². The van der Waals surface area contributed by atoms with Crippen LogP contribution in [0.4, 0.5) is 11.5 Å². The van der Waals surface area contributed by atoms with Crippen molar-refractivity contribution in [3.05, 3.63) is 30.4 Å². The van der Waals surface area contributed by atoms with E-state index in [0.29, 0.717) is 41.5 Å². The first-order valence-corrected chi connectivity index (χ1v) is 12.7. The number of ether oxygens (including phenoxy) is 1. The average molecular weight is 495 g/mol. The van der Waals surface area contributed by atoms with Gasteiger partial charge < -0.3 is 20.7 Å². The zero-order chi connectivity index (χ0) is 25.4. The molecule has 2 amide bonds. The molecule has 11 nitrogen and oxygen atoms in total. The number of carbonyl (C=O) groups excluding carboxylic acids is 2. The highest BCUT2D eigenvalue weighted by molar-refractivity contribution is 6.40. The Hall–Kier alpha value is -3.47. The first kappa shape index (κ1) is 24.2. The molecule has 1 unspecified atom stereocenters. The summed E-state index contributed by atoms with van der Waals surface area (Å²) in [6.07, 6.45) is 9.19. The second-order valence-corrected chi connectivity index (χ2v) is 10.1. The van der Waals surface area contributed by atoms with Gasteiger partial charge in [0, 0.05) is 25.4 Å². The summed E-state index contributed by atoms with van der Waals surface area (Å²) in [5.74, 6) is -0.686. The Kier molecular flexibility index (Phi) is 6.65. The van der Waals surface area contributed by atoms with Crippen LogP contribution < -0.4 is 11.1 Å². The van der Waals surface area contributed by atoms with Gasteiger partial charge in [0.25, 0.3) is 0 Å². The molecule has 0 aromatic carbocycles. The highest BCUT2D eigenvalue weighted by Gasteiger charge is 2.36. The molecule has 11 heteroatoms. The molecule has 3 N–H and O–H groups in total. The van der Waals surface area contributed by atoms with Crippen LogP contribution >= 0.6 is 0 Å². The summed E-state index contributed by atoms with van der Waals surface area (Å²) in [4.78, 5) is 32.8. The van der Waals surface area contributed by atoms with Crippen LogP contribution in [0.1, 0.15) is 76.9 Å². The van der Waals surface area contributed by atoms with Crippen molar-refractivity contribution in [3.63, 3.8) is 0 Å². The standard InChI is InChI=1S/C25H34N8O3/c1-15(2)32-20(9-10-28-32)19-8-7-16(3)14-31(19)25(35)24(34)30-18-13-27-23(26)17-12-29-33(22(17)18)21-6-4-5-11-36-21/h9-10,12-13,15-16,19,21H,4-8,11,14H2,1-3H3,(H2,26,27)(H,30,34)/t16-,19+,21?/m0/s1. The van der Waals surface area contributed by atoms with Crippen LogP contribution in [0.5, 0.6) is 0 Å². The normalized spacial score (nSPS) is 22.8. The number of fused-ring (bicyclic) bond motifs is 1. The smallest absolute Gasteiger partial charge is 0.314 e. The van der Waals surface area contributed by atoms with E-state index in [0.717, 1.165) is 37.8 Å². The lowest BCUT2D eigenvalue weighted by atomic mass is 9.92. The predicted octanol–water partition coefficient (Wildman–Crippen LogP) is 3.43. The van der Waals surface area contributed by atoms with E-state index in [2.05, 4.69) is 41.3 Å². The number of nitrogens with two attached hydrogens (primary N) is 1. The van der Waals surface area contributed by atoms with Gasteiger partial charge in [-0.25, -0.2) is 9.67 Å². The highest BCUT2D eigenvalue weighted by atomic mass is 16.5. The van der Waals surface area contributed by atoms with Gasteiger partial charge in [-0.05, 0) is 57.9 Å². The minimum Gasteiger partial charge on any atom is -0.383 e. The summed E-state index contributed by atoms with van der Waals surface area (Å²) >= 11 is 0. The Morgan fingerprint density at radius 2 is 2.00 bits per heavy atom. The molecular formula is C25H34N8O3. The number of nitrogen functional groups attached to an aromatic ring is 1. The van der Waals surface area contributed by atoms with Crippen LogP contribution in [0.15, 0.2) is 24.7 Å². The summed E-state index contributed by atoms with van der Waals surface area (Å²) in [6.45, 7) is 7.36. The van der Waals surface area contributed by atoms with Crippen LogP contribution in [-0.2, 0) is 14.3 Å². The molecule has 0 aliphatic carbocycles.